The van der Waals surface area contributed by atoms with Gasteiger partial charge in [0.25, 0.3) is 0 Å². The molecule has 0 bridgehead atoms. The number of tetrazole rings is 1. The largest absolute Gasteiger partial charge is 0.733 e. The third-order valence-corrected chi connectivity index (χ3v) is 3.28. The maximum absolute atomic E-state index is 12.4. The van der Waals surface area contributed by atoms with E-state index in [4.69, 9.17) is 9.94 Å². The molecule has 0 atom stereocenters. The molecule has 10 heteroatoms. The van der Waals surface area contributed by atoms with E-state index in [1.165, 1.54) is 12.1 Å². The highest BCUT2D eigenvalue weighted by atomic mass is 16.8. The maximum atomic E-state index is 12.4. The van der Waals surface area contributed by atoms with Gasteiger partial charge in [-0.2, -0.15) is 0 Å². The van der Waals surface area contributed by atoms with E-state index in [2.05, 4.69) is 15.5 Å². The van der Waals surface area contributed by atoms with E-state index in [1.54, 1.807) is 29.7 Å². The van der Waals surface area contributed by atoms with Gasteiger partial charge in [-0.05, 0) is 35.0 Å². The van der Waals surface area contributed by atoms with Crippen LogP contribution in [0.25, 0.3) is 0 Å². The topological polar surface area (TPSA) is 120 Å². The first-order valence-electron chi connectivity index (χ1n) is 7.33. The van der Waals surface area contributed by atoms with Crippen LogP contribution in [0.1, 0.15) is 29.5 Å². The predicted octanol–water partition coefficient (Wildman–Crippen LogP) is 1.20. The first-order chi connectivity index (χ1) is 11.4. The number of carbonyl (C=O) groups excluding carboxylic acids is 1. The van der Waals surface area contributed by atoms with Crippen LogP contribution in [0.3, 0.4) is 0 Å². The summed E-state index contributed by atoms with van der Waals surface area (Å²) in [5.41, 5.74) is 0.643. The summed E-state index contributed by atoms with van der Waals surface area (Å²) in [7, 11) is 3.50. The van der Waals surface area contributed by atoms with Gasteiger partial charge in [0.05, 0.1) is 16.9 Å². The average Bonchev–Trinajstić information content (AvgIpc) is 2.99. The molecule has 24 heavy (non-hydrogen) atoms. The van der Waals surface area contributed by atoms with Crippen molar-refractivity contribution < 1.29 is 14.7 Å². The van der Waals surface area contributed by atoms with Crippen molar-refractivity contribution in [3.63, 3.8) is 0 Å². The number of rotatable bonds is 7. The molecule has 0 aliphatic heterocycles. The van der Waals surface area contributed by atoms with Crippen LogP contribution in [0.15, 0.2) is 18.2 Å². The Balaban J connectivity index is 2.19. The number of aromatic nitrogens is 4. The summed E-state index contributed by atoms with van der Waals surface area (Å²) in [6.45, 7) is 2.51. The average molecular weight is 335 g/mol. The molecule has 1 N–H and O–H groups in total. The zero-order valence-electron chi connectivity index (χ0n) is 13.7. The molecule has 0 spiro atoms. The Morgan fingerprint density at radius 3 is 2.79 bits per heavy atom. The Morgan fingerprint density at radius 2 is 2.17 bits per heavy atom. The van der Waals surface area contributed by atoms with Crippen LogP contribution in [0.2, 0.25) is 0 Å². The predicted molar refractivity (Wildman–Crippen MR) is 85.6 cm³/mol. The van der Waals surface area contributed by atoms with Gasteiger partial charge in [0.1, 0.15) is 0 Å². The molecule has 0 aliphatic carbocycles. The van der Waals surface area contributed by atoms with Crippen molar-refractivity contribution in [2.75, 3.05) is 24.2 Å². The Labute approximate surface area is 138 Å². The lowest BCUT2D eigenvalue weighted by molar-refractivity contribution is 0.0457. The summed E-state index contributed by atoms with van der Waals surface area (Å²) < 4.78 is 6.81. The second-order valence-electron chi connectivity index (χ2n) is 5.26. The van der Waals surface area contributed by atoms with Crippen molar-refractivity contribution >= 4 is 17.3 Å². The number of hydrogen-bond acceptors (Lipinski definition) is 9. The second kappa shape index (κ2) is 7.70. The molecule has 1 aromatic carbocycles. The van der Waals surface area contributed by atoms with Crippen molar-refractivity contribution in [3.05, 3.63) is 34.8 Å². The lowest BCUT2D eigenvalue weighted by atomic mass is 10.1. The minimum atomic E-state index is -0.645. The number of nitrogens with zero attached hydrogens (tertiary/aromatic N) is 6. The summed E-state index contributed by atoms with van der Waals surface area (Å²) >= 11 is 0. The van der Waals surface area contributed by atoms with Crippen LogP contribution >= 0.6 is 0 Å². The van der Waals surface area contributed by atoms with Gasteiger partial charge in [0.2, 0.25) is 0 Å². The van der Waals surface area contributed by atoms with Crippen LogP contribution in [-0.2, 0) is 17.9 Å². The van der Waals surface area contributed by atoms with Crippen LogP contribution in [0.5, 0.6) is 0 Å². The van der Waals surface area contributed by atoms with E-state index < -0.39 is 5.97 Å². The van der Waals surface area contributed by atoms with E-state index in [1.807, 2.05) is 6.92 Å². The Kier molecular flexibility index (Phi) is 5.66. The number of aryl methyl sites for hydroxylation is 1. The summed E-state index contributed by atoms with van der Waals surface area (Å²) in [4.78, 5) is 14.1. The third-order valence-electron chi connectivity index (χ3n) is 3.28. The highest BCUT2D eigenvalue weighted by molar-refractivity contribution is 5.97. The van der Waals surface area contributed by atoms with Gasteiger partial charge in [-0.3, -0.25) is 5.21 Å². The number of ether oxygens (including phenoxy) is 1. The van der Waals surface area contributed by atoms with Gasteiger partial charge in [-0.25, -0.2) is 9.48 Å². The molecule has 1 aromatic heterocycles. The fourth-order valence-electron chi connectivity index (χ4n) is 2.12. The summed E-state index contributed by atoms with van der Waals surface area (Å²) in [6, 6.07) is 4.22. The number of carbonyl (C=O) groups is 1. The second-order valence-corrected chi connectivity index (χ2v) is 5.26. The lowest BCUT2D eigenvalue weighted by Crippen LogP contribution is -2.18. The van der Waals surface area contributed by atoms with Crippen molar-refractivity contribution in [2.45, 2.75) is 26.5 Å². The van der Waals surface area contributed by atoms with Gasteiger partial charge in [-0.1, -0.05) is 6.92 Å². The maximum Gasteiger partial charge on any atom is 0.340 e. The quantitative estimate of drug-likeness (QED) is 0.587. The van der Waals surface area contributed by atoms with Gasteiger partial charge in [0, 0.05) is 20.6 Å². The van der Waals surface area contributed by atoms with E-state index in [-0.39, 0.29) is 23.1 Å². The first kappa shape index (κ1) is 17.6. The van der Waals surface area contributed by atoms with Crippen LogP contribution in [-0.4, -0.2) is 45.5 Å². The summed E-state index contributed by atoms with van der Waals surface area (Å²) in [5, 5.41) is 30.9. The monoisotopic (exact) mass is 335 g/mol. The molecule has 2 rings (SSSR count). The number of esters is 1. The van der Waals surface area contributed by atoms with Gasteiger partial charge >= 0.3 is 5.97 Å². The SMILES string of the molecule is CCCn1nnnc1COC(=O)c1cc(N([O-])O)ccc1N(C)C. The molecule has 130 valence electrons. The molecule has 0 fully saturated rings. The third kappa shape index (κ3) is 3.97. The van der Waals surface area contributed by atoms with E-state index in [9.17, 15) is 10.0 Å². The standard InChI is InChI=1S/C14H19N6O4/c1-4-7-19-13(15-16-17-19)9-24-14(21)11-8-10(20(22)23)5-6-12(11)18(2)3/h5-6,8,22H,4,7,9H2,1-3H3/q-1. The number of anilines is 2. The minimum absolute atomic E-state index is 0.0663. The molecule has 0 radical (unpaired) electrons. The smallest absolute Gasteiger partial charge is 0.340 e. The molecule has 0 aliphatic rings. The van der Waals surface area contributed by atoms with Crippen molar-refractivity contribution in [1.29, 1.82) is 0 Å². The van der Waals surface area contributed by atoms with Gasteiger partial charge < -0.3 is 20.1 Å². The molecule has 2 aromatic rings. The normalized spacial score (nSPS) is 10.5. The fourth-order valence-corrected chi connectivity index (χ4v) is 2.12. The van der Waals surface area contributed by atoms with Gasteiger partial charge in [0.15, 0.2) is 12.4 Å². The van der Waals surface area contributed by atoms with Gasteiger partial charge in [-0.15, -0.1) is 5.10 Å². The number of benzene rings is 1. The van der Waals surface area contributed by atoms with E-state index >= 15 is 0 Å². The molecule has 0 unspecified atom stereocenters. The van der Waals surface area contributed by atoms with Crippen LogP contribution < -0.4 is 10.1 Å². The summed E-state index contributed by atoms with van der Waals surface area (Å²) in [5.74, 6) is -0.214. The molecule has 1 heterocycles. The molecular formula is C14H19N6O4-. The Hall–Kier alpha value is -2.72. The van der Waals surface area contributed by atoms with Crippen molar-refractivity contribution in [1.82, 2.24) is 20.2 Å². The molecule has 0 saturated heterocycles. The molecule has 0 amide bonds. The van der Waals surface area contributed by atoms with Crippen molar-refractivity contribution in [3.8, 4) is 0 Å². The van der Waals surface area contributed by atoms with Crippen LogP contribution in [0, 0.1) is 5.21 Å². The Morgan fingerprint density at radius 1 is 1.42 bits per heavy atom. The highest BCUT2D eigenvalue weighted by Gasteiger charge is 2.17. The van der Waals surface area contributed by atoms with E-state index in [0.29, 0.717) is 18.1 Å². The van der Waals surface area contributed by atoms with E-state index in [0.717, 1.165) is 6.42 Å². The van der Waals surface area contributed by atoms with Crippen LogP contribution in [0.4, 0.5) is 11.4 Å². The highest BCUT2D eigenvalue weighted by Crippen LogP contribution is 2.25. The summed E-state index contributed by atoms with van der Waals surface area (Å²) in [6.07, 6.45) is 0.842. The number of hydrogen-bond donors (Lipinski definition) is 1. The molecule has 10 nitrogen and oxygen atoms in total. The Bertz CT molecular complexity index is 700. The zero-order valence-corrected chi connectivity index (χ0v) is 13.7. The fraction of sp³-hybridized carbons (Fsp3) is 0.429. The lowest BCUT2D eigenvalue weighted by Gasteiger charge is -2.24. The molecular weight excluding hydrogens is 316 g/mol. The van der Waals surface area contributed by atoms with Crippen molar-refractivity contribution in [2.24, 2.45) is 0 Å². The first-order valence-corrected chi connectivity index (χ1v) is 7.33. The molecule has 0 saturated carbocycles. The zero-order chi connectivity index (χ0) is 17.7. The minimum Gasteiger partial charge on any atom is -0.733 e.